The molecule has 0 bridgehead atoms. The minimum atomic E-state index is 0.236. The molecular weight excluding hydrogens is 246 g/mol. The molecule has 2 rings (SSSR count). The van der Waals surface area contributed by atoms with Crippen molar-refractivity contribution in [2.24, 2.45) is 0 Å². The van der Waals surface area contributed by atoms with Gasteiger partial charge in [-0.25, -0.2) is 4.98 Å². The summed E-state index contributed by atoms with van der Waals surface area (Å²) in [6, 6.07) is 7.53. The first-order valence-electron chi connectivity index (χ1n) is 3.96. The van der Waals surface area contributed by atoms with Crippen LogP contribution in [0.1, 0.15) is 10.6 Å². The van der Waals surface area contributed by atoms with Crippen molar-refractivity contribution < 1.29 is 9.21 Å². The smallest absolute Gasteiger partial charge is 0.226 e. The maximum absolute atomic E-state index is 10.4. The Balaban J connectivity index is 2.43. The zero-order valence-electron chi connectivity index (χ0n) is 7.11. The van der Waals surface area contributed by atoms with E-state index in [1.54, 1.807) is 0 Å². The Morgan fingerprint density at radius 3 is 2.93 bits per heavy atom. The van der Waals surface area contributed by atoms with E-state index >= 15 is 0 Å². The first-order valence-corrected chi connectivity index (χ1v) is 4.76. The predicted molar refractivity (Wildman–Crippen MR) is 55.0 cm³/mol. The van der Waals surface area contributed by atoms with Gasteiger partial charge in [0.15, 0.2) is 12.0 Å². The Labute approximate surface area is 88.9 Å². The standard InChI is InChI=1S/C10H6BrNO2/c11-8-3-1-2-7(4-8)10-12-5-9(6-13)14-10/h1-6H. The van der Waals surface area contributed by atoms with Crippen LogP contribution in [-0.2, 0) is 0 Å². The number of nitrogens with zero attached hydrogens (tertiary/aromatic N) is 1. The van der Waals surface area contributed by atoms with Crippen molar-refractivity contribution in [2.45, 2.75) is 0 Å². The Morgan fingerprint density at radius 1 is 1.43 bits per heavy atom. The highest BCUT2D eigenvalue weighted by molar-refractivity contribution is 9.10. The van der Waals surface area contributed by atoms with Crippen LogP contribution in [0.3, 0.4) is 0 Å². The lowest BCUT2D eigenvalue weighted by atomic mass is 10.2. The summed E-state index contributed by atoms with van der Waals surface area (Å²) in [4.78, 5) is 14.4. The summed E-state index contributed by atoms with van der Waals surface area (Å²) in [6.07, 6.45) is 2.04. The molecule has 0 spiro atoms. The van der Waals surface area contributed by atoms with Crippen molar-refractivity contribution in [3.63, 3.8) is 0 Å². The Hall–Kier alpha value is -1.42. The number of hydrogen-bond donors (Lipinski definition) is 0. The van der Waals surface area contributed by atoms with Crippen molar-refractivity contribution in [1.82, 2.24) is 4.98 Å². The molecule has 0 N–H and O–H groups in total. The number of halogens is 1. The van der Waals surface area contributed by atoms with Crippen molar-refractivity contribution in [3.05, 3.63) is 40.7 Å². The molecule has 3 nitrogen and oxygen atoms in total. The molecular formula is C10H6BrNO2. The lowest BCUT2D eigenvalue weighted by Crippen LogP contribution is -1.75. The zero-order chi connectivity index (χ0) is 9.97. The van der Waals surface area contributed by atoms with Gasteiger partial charge in [0.1, 0.15) is 0 Å². The van der Waals surface area contributed by atoms with Gasteiger partial charge < -0.3 is 4.42 Å². The predicted octanol–water partition coefficient (Wildman–Crippen LogP) is 2.92. The van der Waals surface area contributed by atoms with Gasteiger partial charge >= 0.3 is 0 Å². The lowest BCUT2D eigenvalue weighted by Gasteiger charge is -1.94. The van der Waals surface area contributed by atoms with Crippen LogP contribution >= 0.6 is 15.9 Å². The van der Waals surface area contributed by atoms with E-state index in [9.17, 15) is 4.79 Å². The molecule has 0 saturated heterocycles. The summed E-state index contributed by atoms with van der Waals surface area (Å²) >= 11 is 3.34. The van der Waals surface area contributed by atoms with E-state index in [4.69, 9.17) is 4.42 Å². The minimum absolute atomic E-state index is 0.236. The summed E-state index contributed by atoms with van der Waals surface area (Å²) in [7, 11) is 0. The molecule has 1 aromatic carbocycles. The van der Waals surface area contributed by atoms with Gasteiger partial charge in [-0.15, -0.1) is 0 Å². The molecule has 70 valence electrons. The van der Waals surface area contributed by atoms with Crippen LogP contribution in [-0.4, -0.2) is 11.3 Å². The van der Waals surface area contributed by atoms with E-state index < -0.39 is 0 Å². The second-order valence-electron chi connectivity index (χ2n) is 2.70. The molecule has 0 aliphatic carbocycles. The number of oxazole rings is 1. The van der Waals surface area contributed by atoms with E-state index in [-0.39, 0.29) is 5.76 Å². The van der Waals surface area contributed by atoms with Crippen LogP contribution in [0.15, 0.2) is 39.4 Å². The van der Waals surface area contributed by atoms with Gasteiger partial charge in [0.05, 0.1) is 6.20 Å². The quantitative estimate of drug-likeness (QED) is 0.771. The van der Waals surface area contributed by atoms with Crippen LogP contribution in [0, 0.1) is 0 Å². The molecule has 1 heterocycles. The molecule has 0 fully saturated rings. The molecule has 0 unspecified atom stereocenters. The summed E-state index contributed by atoms with van der Waals surface area (Å²) in [5.74, 6) is 0.688. The van der Waals surface area contributed by atoms with E-state index in [1.807, 2.05) is 24.3 Å². The average molecular weight is 252 g/mol. The lowest BCUT2D eigenvalue weighted by molar-refractivity contribution is 0.110. The number of carbonyl (C=O) groups excluding carboxylic acids is 1. The van der Waals surface area contributed by atoms with Crippen LogP contribution in [0.2, 0.25) is 0 Å². The molecule has 4 heteroatoms. The fourth-order valence-electron chi connectivity index (χ4n) is 1.10. The number of aromatic nitrogens is 1. The average Bonchev–Trinajstić information content (AvgIpc) is 2.66. The highest BCUT2D eigenvalue weighted by Gasteiger charge is 2.05. The maximum atomic E-state index is 10.4. The molecule has 0 aliphatic rings. The van der Waals surface area contributed by atoms with Crippen LogP contribution in [0.4, 0.5) is 0 Å². The SMILES string of the molecule is O=Cc1cnc(-c2cccc(Br)c2)o1. The van der Waals surface area contributed by atoms with E-state index in [1.165, 1.54) is 6.20 Å². The van der Waals surface area contributed by atoms with E-state index in [0.29, 0.717) is 12.2 Å². The second-order valence-corrected chi connectivity index (χ2v) is 3.61. The first kappa shape index (κ1) is 9.15. The molecule has 1 aromatic heterocycles. The Bertz CT molecular complexity index is 465. The minimum Gasteiger partial charge on any atom is -0.433 e. The van der Waals surface area contributed by atoms with Crippen molar-refractivity contribution in [3.8, 4) is 11.5 Å². The van der Waals surface area contributed by atoms with Gasteiger partial charge in [0.2, 0.25) is 5.89 Å². The summed E-state index contributed by atoms with van der Waals surface area (Å²) in [6.45, 7) is 0. The highest BCUT2D eigenvalue weighted by atomic mass is 79.9. The summed E-state index contributed by atoms with van der Waals surface area (Å²) in [5, 5.41) is 0. The van der Waals surface area contributed by atoms with Gasteiger partial charge in [-0.1, -0.05) is 22.0 Å². The van der Waals surface area contributed by atoms with Crippen molar-refractivity contribution in [2.75, 3.05) is 0 Å². The zero-order valence-corrected chi connectivity index (χ0v) is 8.69. The molecule has 2 aromatic rings. The Kier molecular flexibility index (Phi) is 2.45. The molecule has 0 radical (unpaired) electrons. The largest absolute Gasteiger partial charge is 0.433 e. The molecule has 0 amide bonds. The monoisotopic (exact) mass is 251 g/mol. The molecule has 0 saturated carbocycles. The van der Waals surface area contributed by atoms with Gasteiger partial charge in [0.25, 0.3) is 0 Å². The maximum Gasteiger partial charge on any atom is 0.226 e. The third-order valence-corrected chi connectivity index (χ3v) is 2.20. The van der Waals surface area contributed by atoms with Gasteiger partial charge in [-0.05, 0) is 18.2 Å². The van der Waals surface area contributed by atoms with Crippen LogP contribution < -0.4 is 0 Å². The summed E-state index contributed by atoms with van der Waals surface area (Å²) < 4.78 is 6.12. The molecule has 0 aliphatic heterocycles. The first-order chi connectivity index (χ1) is 6.79. The number of benzene rings is 1. The van der Waals surface area contributed by atoms with Gasteiger partial charge in [-0.3, -0.25) is 4.79 Å². The highest BCUT2D eigenvalue weighted by Crippen LogP contribution is 2.21. The van der Waals surface area contributed by atoms with Crippen LogP contribution in [0.5, 0.6) is 0 Å². The summed E-state index contributed by atoms with van der Waals surface area (Å²) in [5.41, 5.74) is 0.840. The topological polar surface area (TPSA) is 43.1 Å². The van der Waals surface area contributed by atoms with E-state index in [2.05, 4.69) is 20.9 Å². The van der Waals surface area contributed by atoms with E-state index in [0.717, 1.165) is 10.0 Å². The van der Waals surface area contributed by atoms with Crippen LogP contribution in [0.25, 0.3) is 11.5 Å². The fourth-order valence-corrected chi connectivity index (χ4v) is 1.50. The third kappa shape index (κ3) is 1.75. The number of aldehydes is 1. The number of hydrogen-bond acceptors (Lipinski definition) is 3. The normalized spacial score (nSPS) is 10.1. The van der Waals surface area contributed by atoms with Crippen molar-refractivity contribution >= 4 is 22.2 Å². The van der Waals surface area contributed by atoms with Gasteiger partial charge in [-0.2, -0.15) is 0 Å². The fraction of sp³-hybridized carbons (Fsp3) is 0. The molecule has 0 atom stereocenters. The second kappa shape index (κ2) is 3.75. The third-order valence-electron chi connectivity index (χ3n) is 1.71. The number of rotatable bonds is 2. The van der Waals surface area contributed by atoms with Crippen molar-refractivity contribution in [1.29, 1.82) is 0 Å². The number of carbonyl (C=O) groups is 1. The van der Waals surface area contributed by atoms with Gasteiger partial charge in [0, 0.05) is 10.0 Å². The Morgan fingerprint density at radius 2 is 2.29 bits per heavy atom. The molecule has 14 heavy (non-hydrogen) atoms.